The van der Waals surface area contributed by atoms with Gasteiger partial charge in [0.05, 0.1) is 5.75 Å². The highest BCUT2D eigenvalue weighted by atomic mass is 32.2. The quantitative estimate of drug-likeness (QED) is 0.321. The van der Waals surface area contributed by atoms with Crippen LogP contribution < -0.4 is 15.4 Å². The van der Waals surface area contributed by atoms with E-state index in [1.165, 1.54) is 11.8 Å². The molecule has 0 heterocycles. The molecule has 0 radical (unpaired) electrons. The van der Waals surface area contributed by atoms with Crippen LogP contribution in [0.5, 0.6) is 11.5 Å². The second-order valence-corrected chi connectivity index (χ2v) is 7.51. The van der Waals surface area contributed by atoms with Crippen LogP contribution in [0.25, 0.3) is 0 Å². The molecule has 0 saturated carbocycles. The van der Waals surface area contributed by atoms with E-state index in [1.807, 2.05) is 36.4 Å². The summed E-state index contributed by atoms with van der Waals surface area (Å²) >= 11 is 1.31. The topological polar surface area (TPSA) is 105 Å². The molecule has 162 valence electrons. The second-order valence-electron chi connectivity index (χ2n) is 6.46. The number of carbonyl (C=O) groups excluding carboxylic acids is 2. The first-order valence-corrected chi connectivity index (χ1v) is 10.5. The van der Waals surface area contributed by atoms with E-state index >= 15 is 0 Å². The molecule has 0 fully saturated rings. The molecule has 3 N–H and O–H groups in total. The van der Waals surface area contributed by atoms with Crippen LogP contribution in [-0.2, 0) is 14.4 Å². The number of carbonyl (C=O) groups is 3. The van der Waals surface area contributed by atoms with Gasteiger partial charge < -0.3 is 20.5 Å². The largest absolute Gasteiger partial charge is 0.478 e. The highest BCUT2D eigenvalue weighted by Crippen LogP contribution is 2.24. The molecule has 8 heteroatoms. The van der Waals surface area contributed by atoms with Gasteiger partial charge in [0.15, 0.2) is 0 Å². The van der Waals surface area contributed by atoms with Crippen LogP contribution in [0, 0.1) is 0 Å². The van der Waals surface area contributed by atoms with Gasteiger partial charge in [0.25, 0.3) is 0 Å². The maximum Gasteiger partial charge on any atom is 0.328 e. The third-order valence-electron chi connectivity index (χ3n) is 3.97. The van der Waals surface area contributed by atoms with Crippen LogP contribution in [-0.4, -0.2) is 28.6 Å². The lowest BCUT2D eigenvalue weighted by Crippen LogP contribution is -2.14. The summed E-state index contributed by atoms with van der Waals surface area (Å²) in [6.45, 7) is 0. The fraction of sp³-hybridized carbons (Fsp3) is 0.0417. The normalized spacial score (nSPS) is 10.5. The number of anilines is 2. The summed E-state index contributed by atoms with van der Waals surface area (Å²) < 4.78 is 5.73. The number of hydrogen-bond acceptors (Lipinski definition) is 5. The summed E-state index contributed by atoms with van der Waals surface area (Å²) in [7, 11) is 0. The van der Waals surface area contributed by atoms with Crippen molar-refractivity contribution in [1.82, 2.24) is 0 Å². The molecule has 0 atom stereocenters. The number of hydrogen-bond donors (Lipinski definition) is 3. The zero-order valence-electron chi connectivity index (χ0n) is 16.9. The van der Waals surface area contributed by atoms with Gasteiger partial charge in [-0.25, -0.2) is 4.79 Å². The second kappa shape index (κ2) is 11.4. The monoisotopic (exact) mass is 448 g/mol. The first kappa shape index (κ1) is 22.6. The van der Waals surface area contributed by atoms with Crippen molar-refractivity contribution in [3.05, 3.63) is 91.0 Å². The van der Waals surface area contributed by atoms with Crippen molar-refractivity contribution in [2.24, 2.45) is 0 Å². The number of para-hydroxylation sites is 1. The molecule has 0 aliphatic carbocycles. The lowest BCUT2D eigenvalue weighted by Gasteiger charge is -2.09. The van der Waals surface area contributed by atoms with Gasteiger partial charge in [0, 0.05) is 28.4 Å². The van der Waals surface area contributed by atoms with E-state index in [9.17, 15) is 14.4 Å². The maximum atomic E-state index is 12.3. The van der Waals surface area contributed by atoms with Gasteiger partial charge in [-0.2, -0.15) is 0 Å². The Morgan fingerprint density at radius 2 is 1.53 bits per heavy atom. The van der Waals surface area contributed by atoms with Crippen molar-refractivity contribution in [2.75, 3.05) is 16.4 Å². The minimum Gasteiger partial charge on any atom is -0.478 e. The van der Waals surface area contributed by atoms with E-state index in [4.69, 9.17) is 9.84 Å². The molecule has 0 aromatic heterocycles. The molecule has 7 nitrogen and oxygen atoms in total. The molecule has 0 aliphatic rings. The molecule has 2 amide bonds. The minimum atomic E-state index is -1.20. The number of thioether (sulfide) groups is 1. The van der Waals surface area contributed by atoms with Gasteiger partial charge in [0.2, 0.25) is 11.8 Å². The molecule has 0 unspecified atom stereocenters. The highest BCUT2D eigenvalue weighted by Gasteiger charge is 2.06. The van der Waals surface area contributed by atoms with Crippen LogP contribution in [0.1, 0.15) is 0 Å². The highest BCUT2D eigenvalue weighted by molar-refractivity contribution is 8.00. The molecule has 3 aromatic carbocycles. The van der Waals surface area contributed by atoms with Crippen molar-refractivity contribution in [3.63, 3.8) is 0 Å². The van der Waals surface area contributed by atoms with Crippen molar-refractivity contribution in [3.8, 4) is 11.5 Å². The van der Waals surface area contributed by atoms with Crippen molar-refractivity contribution in [2.45, 2.75) is 4.90 Å². The number of ether oxygens (including phenoxy) is 1. The molecule has 3 rings (SSSR count). The fourth-order valence-electron chi connectivity index (χ4n) is 2.57. The average molecular weight is 449 g/mol. The van der Waals surface area contributed by atoms with Crippen molar-refractivity contribution in [1.29, 1.82) is 0 Å². The molecule has 0 spiro atoms. The van der Waals surface area contributed by atoms with E-state index in [0.29, 0.717) is 17.1 Å². The van der Waals surface area contributed by atoms with Gasteiger partial charge in [-0.1, -0.05) is 24.3 Å². The van der Waals surface area contributed by atoms with E-state index < -0.39 is 11.9 Å². The van der Waals surface area contributed by atoms with E-state index in [2.05, 4.69) is 10.6 Å². The number of carboxylic acids is 1. The first-order valence-electron chi connectivity index (χ1n) is 9.55. The smallest absolute Gasteiger partial charge is 0.328 e. The average Bonchev–Trinajstić information content (AvgIpc) is 2.79. The molecule has 3 aromatic rings. The number of rotatable bonds is 9. The van der Waals surface area contributed by atoms with Crippen molar-refractivity contribution >= 4 is 40.9 Å². The van der Waals surface area contributed by atoms with E-state index in [1.54, 1.807) is 42.5 Å². The Labute approximate surface area is 189 Å². The summed E-state index contributed by atoms with van der Waals surface area (Å²) in [5, 5.41) is 14.0. The van der Waals surface area contributed by atoms with Gasteiger partial charge in [-0.05, 0) is 54.6 Å². The summed E-state index contributed by atoms with van der Waals surface area (Å²) in [4.78, 5) is 35.2. The van der Waals surface area contributed by atoms with E-state index in [-0.39, 0.29) is 11.7 Å². The predicted molar refractivity (Wildman–Crippen MR) is 124 cm³/mol. The predicted octanol–water partition coefficient (Wildman–Crippen LogP) is 4.79. The van der Waals surface area contributed by atoms with Crippen LogP contribution in [0.15, 0.2) is 95.9 Å². The van der Waals surface area contributed by atoms with Crippen LogP contribution in [0.3, 0.4) is 0 Å². The van der Waals surface area contributed by atoms with Crippen LogP contribution >= 0.6 is 11.8 Å². The third kappa shape index (κ3) is 7.66. The Morgan fingerprint density at radius 1 is 0.812 bits per heavy atom. The molecule has 32 heavy (non-hydrogen) atoms. The molecule has 0 aliphatic heterocycles. The van der Waals surface area contributed by atoms with Gasteiger partial charge >= 0.3 is 5.97 Å². The number of carboxylic acid groups (broad SMARTS) is 1. The third-order valence-corrected chi connectivity index (χ3v) is 4.96. The van der Waals surface area contributed by atoms with Gasteiger partial charge in [-0.15, -0.1) is 11.8 Å². The zero-order valence-corrected chi connectivity index (χ0v) is 17.7. The summed E-state index contributed by atoms with van der Waals surface area (Å²) in [5.41, 5.74) is 1.16. The number of benzene rings is 3. The summed E-state index contributed by atoms with van der Waals surface area (Å²) in [5.74, 6) is -0.345. The van der Waals surface area contributed by atoms with E-state index in [0.717, 1.165) is 22.8 Å². The Kier molecular flexibility index (Phi) is 8.05. The number of nitrogens with one attached hydrogen (secondary N) is 2. The SMILES string of the molecule is O=C(O)/C=C/C(=O)Nc1cccc(SCC(=O)Nc2ccc(Oc3ccccc3)cc2)c1. The molecule has 0 saturated heterocycles. The lowest BCUT2D eigenvalue weighted by molar-refractivity contribution is -0.131. The number of aliphatic carboxylic acids is 1. The Balaban J connectivity index is 1.48. The lowest BCUT2D eigenvalue weighted by atomic mass is 10.3. The fourth-order valence-corrected chi connectivity index (χ4v) is 3.33. The van der Waals surface area contributed by atoms with Crippen LogP contribution in [0.2, 0.25) is 0 Å². The Hall–Kier alpha value is -4.04. The number of amides is 2. The van der Waals surface area contributed by atoms with Gasteiger partial charge in [0.1, 0.15) is 11.5 Å². The maximum absolute atomic E-state index is 12.3. The zero-order chi connectivity index (χ0) is 22.8. The molecule has 0 bridgehead atoms. The molecular weight excluding hydrogens is 428 g/mol. The Morgan fingerprint density at radius 3 is 2.25 bits per heavy atom. The van der Waals surface area contributed by atoms with Crippen molar-refractivity contribution < 1.29 is 24.2 Å². The Bertz CT molecular complexity index is 1110. The minimum absolute atomic E-state index is 0.175. The summed E-state index contributed by atoms with van der Waals surface area (Å²) in [6.07, 6.45) is 1.70. The van der Waals surface area contributed by atoms with Gasteiger partial charge in [-0.3, -0.25) is 9.59 Å². The molecular formula is C24H20N2O5S. The summed E-state index contributed by atoms with van der Waals surface area (Å²) in [6, 6.07) is 23.4. The first-order chi connectivity index (χ1) is 15.5. The standard InChI is InChI=1S/C24H20N2O5S/c27-22(13-14-24(29)30)26-18-5-4-8-21(15-18)32-16-23(28)25-17-9-11-20(12-10-17)31-19-6-2-1-3-7-19/h1-15H,16H2,(H,25,28)(H,26,27)(H,29,30)/b14-13+. The van der Waals surface area contributed by atoms with Crippen LogP contribution in [0.4, 0.5) is 11.4 Å².